The number of aromatic nitrogens is 2. The maximum absolute atomic E-state index is 12.4. The summed E-state index contributed by atoms with van der Waals surface area (Å²) in [5, 5.41) is 12.3. The molecule has 0 radical (unpaired) electrons. The van der Waals surface area contributed by atoms with Crippen LogP contribution in [0.3, 0.4) is 0 Å². The number of ether oxygens (including phenoxy) is 1. The van der Waals surface area contributed by atoms with Gasteiger partial charge in [0.2, 0.25) is 5.91 Å². The van der Waals surface area contributed by atoms with Crippen molar-refractivity contribution in [2.75, 3.05) is 5.32 Å². The fraction of sp³-hybridized carbons (Fsp3) is 0.167. The number of imidazole rings is 1. The van der Waals surface area contributed by atoms with Gasteiger partial charge in [-0.3, -0.25) is 4.79 Å². The van der Waals surface area contributed by atoms with Gasteiger partial charge >= 0.3 is 0 Å². The van der Waals surface area contributed by atoms with Gasteiger partial charge < -0.3 is 20.1 Å². The van der Waals surface area contributed by atoms with Crippen molar-refractivity contribution in [1.82, 2.24) is 9.97 Å². The fourth-order valence-electron chi connectivity index (χ4n) is 3.47. The predicted octanol–water partition coefficient (Wildman–Crippen LogP) is 5.25. The van der Waals surface area contributed by atoms with Crippen LogP contribution in [0.1, 0.15) is 23.1 Å². The third-order valence-corrected chi connectivity index (χ3v) is 4.92. The number of aromatic hydroxyl groups is 1. The zero-order chi connectivity index (χ0) is 21.1. The molecule has 1 aromatic heterocycles. The Labute approximate surface area is 174 Å². The second-order valence-electron chi connectivity index (χ2n) is 7.34. The Balaban J connectivity index is 1.39. The van der Waals surface area contributed by atoms with Crippen LogP contribution in [0, 0.1) is 13.8 Å². The van der Waals surface area contributed by atoms with E-state index in [-0.39, 0.29) is 11.7 Å². The summed E-state index contributed by atoms with van der Waals surface area (Å²) in [7, 11) is 0. The highest BCUT2D eigenvalue weighted by molar-refractivity contribution is 5.93. The Morgan fingerprint density at radius 3 is 2.53 bits per heavy atom. The molecule has 6 nitrogen and oxygen atoms in total. The number of hydrogen-bond acceptors (Lipinski definition) is 4. The zero-order valence-corrected chi connectivity index (χ0v) is 16.9. The predicted molar refractivity (Wildman–Crippen MR) is 117 cm³/mol. The Bertz CT molecular complexity index is 1170. The molecular weight excluding hydrogens is 378 g/mol. The largest absolute Gasteiger partial charge is 0.508 e. The third-order valence-electron chi connectivity index (χ3n) is 4.92. The monoisotopic (exact) mass is 401 g/mol. The SMILES string of the molecule is Cc1cc(CCC(=O)Nc2ccc3nc[nH]c3c2)cc(C)c1Oc1ccc(O)cc1. The molecule has 30 heavy (non-hydrogen) atoms. The second-order valence-corrected chi connectivity index (χ2v) is 7.34. The van der Waals surface area contributed by atoms with E-state index >= 15 is 0 Å². The average molecular weight is 401 g/mol. The van der Waals surface area contributed by atoms with Crippen molar-refractivity contribution in [3.63, 3.8) is 0 Å². The lowest BCUT2D eigenvalue weighted by Crippen LogP contribution is -2.12. The molecule has 1 heterocycles. The standard InChI is InChI=1S/C24H23N3O3/c1-15-11-17(12-16(2)24(15)30-20-7-5-19(28)6-8-20)3-10-23(29)27-18-4-9-21-22(13-18)26-14-25-21/h4-9,11-14,28H,3,10H2,1-2H3,(H,25,26)(H,27,29). The number of anilines is 1. The minimum Gasteiger partial charge on any atom is -0.508 e. The van der Waals surface area contributed by atoms with Crippen molar-refractivity contribution in [1.29, 1.82) is 0 Å². The van der Waals surface area contributed by atoms with Crippen molar-refractivity contribution >= 4 is 22.6 Å². The van der Waals surface area contributed by atoms with Crippen molar-refractivity contribution in [3.05, 3.63) is 77.6 Å². The number of nitrogens with zero attached hydrogens (tertiary/aromatic N) is 1. The van der Waals surface area contributed by atoms with E-state index in [1.165, 1.54) is 0 Å². The molecule has 3 N–H and O–H groups in total. The Kier molecular flexibility index (Phi) is 5.39. The number of nitrogens with one attached hydrogen (secondary N) is 2. The molecule has 0 saturated carbocycles. The highest BCUT2D eigenvalue weighted by atomic mass is 16.5. The quantitative estimate of drug-likeness (QED) is 0.412. The minimum atomic E-state index is -0.0337. The molecule has 0 aliphatic rings. The number of fused-ring (bicyclic) bond motifs is 1. The van der Waals surface area contributed by atoms with Gasteiger partial charge in [-0.05, 0) is 79.4 Å². The highest BCUT2D eigenvalue weighted by Gasteiger charge is 2.10. The number of rotatable bonds is 6. The smallest absolute Gasteiger partial charge is 0.224 e. The summed E-state index contributed by atoms with van der Waals surface area (Å²) in [5.41, 5.74) is 5.60. The number of aromatic amines is 1. The van der Waals surface area contributed by atoms with Gasteiger partial charge in [0.05, 0.1) is 17.4 Å². The Hall–Kier alpha value is -3.80. The Morgan fingerprint density at radius 1 is 1.07 bits per heavy atom. The van der Waals surface area contributed by atoms with Gasteiger partial charge in [-0.15, -0.1) is 0 Å². The topological polar surface area (TPSA) is 87.2 Å². The van der Waals surface area contributed by atoms with Crippen LogP contribution >= 0.6 is 0 Å². The van der Waals surface area contributed by atoms with Gasteiger partial charge in [0, 0.05) is 12.1 Å². The second kappa shape index (κ2) is 8.29. The molecule has 152 valence electrons. The summed E-state index contributed by atoms with van der Waals surface area (Å²) < 4.78 is 5.98. The molecule has 0 fully saturated rings. The molecular formula is C24H23N3O3. The molecule has 0 saturated heterocycles. The van der Waals surface area contributed by atoms with E-state index in [0.717, 1.165) is 39.2 Å². The molecule has 0 unspecified atom stereocenters. The van der Waals surface area contributed by atoms with Crippen LogP contribution in [0.25, 0.3) is 11.0 Å². The minimum absolute atomic E-state index is 0.0337. The summed E-state index contributed by atoms with van der Waals surface area (Å²) in [6.45, 7) is 3.98. The first kappa shape index (κ1) is 19.5. The highest BCUT2D eigenvalue weighted by Crippen LogP contribution is 2.31. The number of benzene rings is 3. The Morgan fingerprint density at radius 2 is 1.80 bits per heavy atom. The van der Waals surface area contributed by atoms with Crippen LogP contribution in [0.4, 0.5) is 5.69 Å². The first-order valence-corrected chi connectivity index (χ1v) is 9.78. The van der Waals surface area contributed by atoms with Gasteiger partial charge in [-0.25, -0.2) is 4.98 Å². The van der Waals surface area contributed by atoms with E-state index in [1.807, 2.05) is 44.2 Å². The number of hydrogen-bond donors (Lipinski definition) is 3. The van der Waals surface area contributed by atoms with Gasteiger partial charge in [0.25, 0.3) is 0 Å². The maximum atomic E-state index is 12.4. The van der Waals surface area contributed by atoms with E-state index in [4.69, 9.17) is 4.74 Å². The van der Waals surface area contributed by atoms with Crippen molar-refractivity contribution in [2.45, 2.75) is 26.7 Å². The molecule has 0 spiro atoms. The van der Waals surface area contributed by atoms with E-state index in [9.17, 15) is 9.90 Å². The summed E-state index contributed by atoms with van der Waals surface area (Å²) in [6, 6.07) is 16.4. The van der Waals surface area contributed by atoms with Crippen LogP contribution in [0.2, 0.25) is 0 Å². The van der Waals surface area contributed by atoms with E-state index in [0.29, 0.717) is 18.6 Å². The van der Waals surface area contributed by atoms with Gasteiger partial charge in [-0.2, -0.15) is 0 Å². The number of aryl methyl sites for hydroxylation is 3. The van der Waals surface area contributed by atoms with E-state index < -0.39 is 0 Å². The average Bonchev–Trinajstić information content (AvgIpc) is 3.18. The van der Waals surface area contributed by atoms with E-state index in [1.54, 1.807) is 30.6 Å². The zero-order valence-electron chi connectivity index (χ0n) is 16.9. The molecule has 0 atom stereocenters. The number of phenols is 1. The first-order chi connectivity index (χ1) is 14.5. The number of H-pyrrole nitrogens is 1. The number of amides is 1. The number of carbonyl (C=O) groups excluding carboxylic acids is 1. The lowest BCUT2D eigenvalue weighted by atomic mass is 10.0. The molecule has 4 rings (SSSR count). The molecule has 0 aliphatic carbocycles. The summed E-state index contributed by atoms with van der Waals surface area (Å²) >= 11 is 0. The molecule has 1 amide bonds. The molecule has 6 heteroatoms. The van der Waals surface area contributed by atoms with Gasteiger partial charge in [-0.1, -0.05) is 12.1 Å². The lowest BCUT2D eigenvalue weighted by molar-refractivity contribution is -0.116. The van der Waals surface area contributed by atoms with Crippen LogP contribution in [0.15, 0.2) is 60.9 Å². The maximum Gasteiger partial charge on any atom is 0.224 e. The fourth-order valence-corrected chi connectivity index (χ4v) is 3.47. The summed E-state index contributed by atoms with van der Waals surface area (Å²) in [6.07, 6.45) is 2.66. The van der Waals surface area contributed by atoms with E-state index in [2.05, 4.69) is 15.3 Å². The van der Waals surface area contributed by atoms with Gasteiger partial charge in [0.15, 0.2) is 0 Å². The van der Waals surface area contributed by atoms with Crippen LogP contribution < -0.4 is 10.1 Å². The molecule has 0 aliphatic heterocycles. The normalized spacial score (nSPS) is 10.9. The number of phenolic OH excluding ortho intramolecular Hbond substituents is 1. The van der Waals surface area contributed by atoms with Crippen LogP contribution in [-0.2, 0) is 11.2 Å². The summed E-state index contributed by atoms with van der Waals surface area (Å²) in [5.74, 6) is 1.63. The molecule has 0 bridgehead atoms. The third kappa shape index (κ3) is 4.43. The lowest BCUT2D eigenvalue weighted by Gasteiger charge is -2.14. The van der Waals surface area contributed by atoms with Gasteiger partial charge in [0.1, 0.15) is 17.2 Å². The molecule has 3 aromatic carbocycles. The van der Waals surface area contributed by atoms with Crippen LogP contribution in [-0.4, -0.2) is 21.0 Å². The van der Waals surface area contributed by atoms with Crippen molar-refractivity contribution in [3.8, 4) is 17.2 Å². The van der Waals surface area contributed by atoms with Crippen molar-refractivity contribution < 1.29 is 14.6 Å². The first-order valence-electron chi connectivity index (χ1n) is 9.78. The van der Waals surface area contributed by atoms with Crippen molar-refractivity contribution in [2.24, 2.45) is 0 Å². The molecule has 4 aromatic rings. The number of carbonyl (C=O) groups is 1. The van der Waals surface area contributed by atoms with Crippen LogP contribution in [0.5, 0.6) is 17.2 Å². The summed E-state index contributed by atoms with van der Waals surface area (Å²) in [4.78, 5) is 19.6.